The van der Waals surface area contributed by atoms with Crippen LogP contribution in [0.25, 0.3) is 11.4 Å². The monoisotopic (exact) mass is 291 g/mol. The molecule has 0 saturated carbocycles. The first-order valence-electron chi connectivity index (χ1n) is 6.08. The van der Waals surface area contributed by atoms with Crippen molar-refractivity contribution in [1.82, 2.24) is 14.8 Å². The van der Waals surface area contributed by atoms with Crippen molar-refractivity contribution in [3.63, 3.8) is 0 Å². The highest BCUT2D eigenvalue weighted by atomic mass is 32.1. The molecule has 20 heavy (non-hydrogen) atoms. The Kier molecular flexibility index (Phi) is 4.24. The van der Waals surface area contributed by atoms with Crippen LogP contribution in [0.4, 0.5) is 0 Å². The van der Waals surface area contributed by atoms with Crippen molar-refractivity contribution < 1.29 is 9.47 Å². The summed E-state index contributed by atoms with van der Waals surface area (Å²) in [5, 5.41) is 7.09. The molecule has 1 aromatic carbocycles. The van der Waals surface area contributed by atoms with Gasteiger partial charge in [-0.1, -0.05) is 12.2 Å². The Morgan fingerprint density at radius 1 is 1.35 bits per heavy atom. The maximum atomic E-state index is 5.31. The fraction of sp³-hybridized carbons (Fsp3) is 0.286. The van der Waals surface area contributed by atoms with Gasteiger partial charge in [-0.2, -0.15) is 5.10 Å². The second-order valence-electron chi connectivity index (χ2n) is 4.47. The average Bonchev–Trinajstić information content (AvgIpc) is 2.79. The van der Waals surface area contributed by atoms with Crippen LogP contribution < -0.4 is 9.47 Å². The van der Waals surface area contributed by atoms with Crippen LogP contribution in [0.3, 0.4) is 0 Å². The smallest absolute Gasteiger partial charge is 0.195 e. The highest BCUT2D eigenvalue weighted by molar-refractivity contribution is 7.71. The Balaban J connectivity index is 2.52. The lowest BCUT2D eigenvalue weighted by atomic mass is 10.2. The minimum Gasteiger partial charge on any atom is -0.493 e. The quantitative estimate of drug-likeness (QED) is 0.679. The van der Waals surface area contributed by atoms with Crippen molar-refractivity contribution in [2.45, 2.75) is 13.5 Å². The number of aromatic nitrogens is 3. The van der Waals surface area contributed by atoms with Crippen LogP contribution in [0.15, 0.2) is 30.4 Å². The number of hydrogen-bond acceptors (Lipinski definition) is 4. The van der Waals surface area contributed by atoms with Crippen LogP contribution in [0.5, 0.6) is 11.5 Å². The van der Waals surface area contributed by atoms with E-state index in [1.54, 1.807) is 14.2 Å². The number of benzene rings is 1. The zero-order valence-electron chi connectivity index (χ0n) is 11.8. The fourth-order valence-electron chi connectivity index (χ4n) is 1.93. The summed E-state index contributed by atoms with van der Waals surface area (Å²) in [5.41, 5.74) is 1.90. The molecule has 5 nitrogen and oxygen atoms in total. The van der Waals surface area contributed by atoms with E-state index in [0.29, 0.717) is 22.8 Å². The Bertz CT molecular complexity index is 688. The molecule has 2 rings (SSSR count). The summed E-state index contributed by atoms with van der Waals surface area (Å²) in [4.78, 5) is 0. The lowest BCUT2D eigenvalue weighted by molar-refractivity contribution is 0.355. The van der Waals surface area contributed by atoms with Crippen LogP contribution in [0.2, 0.25) is 0 Å². The molecule has 1 N–H and O–H groups in total. The summed E-state index contributed by atoms with van der Waals surface area (Å²) >= 11 is 5.25. The lowest BCUT2D eigenvalue weighted by Crippen LogP contribution is -2.02. The second kappa shape index (κ2) is 5.92. The minimum absolute atomic E-state index is 0.567. The number of methoxy groups -OCH3 is 2. The Morgan fingerprint density at radius 3 is 2.65 bits per heavy atom. The van der Waals surface area contributed by atoms with E-state index in [-0.39, 0.29) is 0 Å². The van der Waals surface area contributed by atoms with Crippen LogP contribution >= 0.6 is 12.2 Å². The molecule has 0 saturated heterocycles. The predicted molar refractivity (Wildman–Crippen MR) is 80.8 cm³/mol. The van der Waals surface area contributed by atoms with Crippen LogP contribution in [0.1, 0.15) is 6.92 Å². The van der Waals surface area contributed by atoms with Gasteiger partial charge in [-0.3, -0.25) is 9.67 Å². The highest BCUT2D eigenvalue weighted by Gasteiger charge is 2.12. The molecular weight excluding hydrogens is 274 g/mol. The third kappa shape index (κ3) is 2.75. The van der Waals surface area contributed by atoms with Gasteiger partial charge in [-0.25, -0.2) is 0 Å². The normalized spacial score (nSPS) is 10.3. The van der Waals surface area contributed by atoms with Crippen molar-refractivity contribution in [2.75, 3.05) is 14.2 Å². The molecule has 0 atom stereocenters. The summed E-state index contributed by atoms with van der Waals surface area (Å²) in [5.74, 6) is 2.08. The molecule has 0 aliphatic rings. The Morgan fingerprint density at radius 2 is 2.05 bits per heavy atom. The van der Waals surface area contributed by atoms with Crippen LogP contribution in [0, 0.1) is 4.77 Å². The summed E-state index contributed by atoms with van der Waals surface area (Å²) < 4.78 is 13.0. The summed E-state index contributed by atoms with van der Waals surface area (Å²) in [6.45, 7) is 6.49. The van der Waals surface area contributed by atoms with E-state index in [4.69, 9.17) is 21.7 Å². The van der Waals surface area contributed by atoms with E-state index in [0.717, 1.165) is 17.0 Å². The molecule has 6 heteroatoms. The zero-order chi connectivity index (χ0) is 14.7. The van der Waals surface area contributed by atoms with Crippen molar-refractivity contribution in [2.24, 2.45) is 0 Å². The first-order valence-corrected chi connectivity index (χ1v) is 6.49. The third-order valence-electron chi connectivity index (χ3n) is 2.83. The standard InChI is InChI=1S/C14H17N3O2S/c1-9(2)8-17-13(15-16-14(17)20)10-5-6-11(18-3)12(7-10)19-4/h5-7H,1,8H2,2-4H3,(H,16,20). The first-order chi connectivity index (χ1) is 9.56. The molecule has 0 fully saturated rings. The molecule has 0 amide bonds. The Hall–Kier alpha value is -2.08. The van der Waals surface area contributed by atoms with Gasteiger partial charge >= 0.3 is 0 Å². The number of nitrogens with one attached hydrogen (secondary N) is 1. The van der Waals surface area contributed by atoms with Gasteiger partial charge in [0.05, 0.1) is 14.2 Å². The van der Waals surface area contributed by atoms with Crippen molar-refractivity contribution in [3.05, 3.63) is 35.1 Å². The van der Waals surface area contributed by atoms with E-state index in [1.165, 1.54) is 0 Å². The SMILES string of the molecule is C=C(C)Cn1c(-c2ccc(OC)c(OC)c2)n[nH]c1=S. The van der Waals surface area contributed by atoms with Gasteiger partial charge in [0.1, 0.15) is 0 Å². The van der Waals surface area contributed by atoms with Crippen molar-refractivity contribution in [1.29, 1.82) is 0 Å². The summed E-state index contributed by atoms with van der Waals surface area (Å²) in [6.07, 6.45) is 0. The van der Waals surface area contributed by atoms with Gasteiger partial charge in [0.2, 0.25) is 0 Å². The number of H-pyrrole nitrogens is 1. The molecule has 2 aromatic rings. The zero-order valence-corrected chi connectivity index (χ0v) is 12.6. The van der Waals surface area contributed by atoms with Gasteiger partial charge in [0, 0.05) is 12.1 Å². The molecule has 0 bridgehead atoms. The van der Waals surface area contributed by atoms with Gasteiger partial charge in [0.25, 0.3) is 0 Å². The summed E-state index contributed by atoms with van der Waals surface area (Å²) in [7, 11) is 3.21. The third-order valence-corrected chi connectivity index (χ3v) is 3.14. The topological polar surface area (TPSA) is 52.1 Å². The van der Waals surface area contributed by atoms with Gasteiger partial charge in [-0.05, 0) is 37.3 Å². The van der Waals surface area contributed by atoms with E-state index >= 15 is 0 Å². The molecule has 1 aromatic heterocycles. The number of aromatic amines is 1. The number of allylic oxidation sites excluding steroid dienone is 1. The molecule has 0 aliphatic carbocycles. The highest BCUT2D eigenvalue weighted by Crippen LogP contribution is 2.31. The average molecular weight is 291 g/mol. The van der Waals surface area contributed by atoms with E-state index < -0.39 is 0 Å². The number of hydrogen-bond donors (Lipinski definition) is 1. The molecule has 0 unspecified atom stereocenters. The molecule has 0 spiro atoms. The minimum atomic E-state index is 0.567. The number of ether oxygens (including phenoxy) is 2. The second-order valence-corrected chi connectivity index (χ2v) is 4.85. The molecule has 1 heterocycles. The molecule has 0 radical (unpaired) electrons. The van der Waals surface area contributed by atoms with Gasteiger partial charge in [-0.15, -0.1) is 0 Å². The van der Waals surface area contributed by atoms with Crippen LogP contribution in [-0.2, 0) is 6.54 Å². The van der Waals surface area contributed by atoms with E-state index in [2.05, 4.69) is 16.8 Å². The van der Waals surface area contributed by atoms with Crippen molar-refractivity contribution >= 4 is 12.2 Å². The lowest BCUT2D eigenvalue weighted by Gasteiger charge is -2.10. The van der Waals surface area contributed by atoms with Gasteiger partial charge in [0.15, 0.2) is 22.1 Å². The number of rotatable bonds is 5. The molecular formula is C14H17N3O2S. The maximum Gasteiger partial charge on any atom is 0.195 e. The largest absolute Gasteiger partial charge is 0.493 e. The van der Waals surface area contributed by atoms with Gasteiger partial charge < -0.3 is 9.47 Å². The van der Waals surface area contributed by atoms with E-state index in [1.807, 2.05) is 29.7 Å². The predicted octanol–water partition coefficient (Wildman–Crippen LogP) is 3.20. The number of nitrogens with zero attached hydrogens (tertiary/aromatic N) is 2. The molecule has 0 aliphatic heterocycles. The first kappa shape index (κ1) is 14.3. The maximum absolute atomic E-state index is 5.31. The van der Waals surface area contributed by atoms with E-state index in [9.17, 15) is 0 Å². The van der Waals surface area contributed by atoms with Crippen LogP contribution in [-0.4, -0.2) is 29.0 Å². The van der Waals surface area contributed by atoms with Crippen molar-refractivity contribution in [3.8, 4) is 22.9 Å². The Labute approximate surface area is 122 Å². The summed E-state index contributed by atoms with van der Waals surface area (Å²) in [6, 6.07) is 5.64. The fourth-order valence-corrected chi connectivity index (χ4v) is 2.13. The molecule has 106 valence electrons.